The van der Waals surface area contributed by atoms with Crippen LogP contribution in [-0.4, -0.2) is 84.1 Å². The number of halogens is 1. The molecule has 0 saturated carbocycles. The quantitative estimate of drug-likeness (QED) is 0.0581. The fourth-order valence-electron chi connectivity index (χ4n) is 8.39. The van der Waals surface area contributed by atoms with Gasteiger partial charge in [-0.2, -0.15) is 0 Å². The minimum absolute atomic E-state index is 0.00167. The van der Waals surface area contributed by atoms with Gasteiger partial charge in [-0.1, -0.05) is 54.6 Å². The number of carbonyl (C=O) groups is 1. The highest BCUT2D eigenvalue weighted by atomic mass is 28.4. The Hall–Kier alpha value is -3.94. The number of aliphatic hydroxyl groups is 2. The minimum Gasteiger partial charge on any atom is -0.494 e. The summed E-state index contributed by atoms with van der Waals surface area (Å²) in [5, 5.41) is 31.4. The molecule has 12 heteroatoms. The van der Waals surface area contributed by atoms with Gasteiger partial charge in [-0.05, 0) is 118 Å². The van der Waals surface area contributed by atoms with E-state index in [9.17, 15) is 15.0 Å². The first-order valence-electron chi connectivity index (χ1n) is 19.5. The number of nitrogens with one attached hydrogen (secondary N) is 1. The largest absolute Gasteiger partial charge is 0.494 e. The van der Waals surface area contributed by atoms with Crippen molar-refractivity contribution in [3.05, 3.63) is 101 Å². The number of aryl methyl sites for hydroxylation is 2. The van der Waals surface area contributed by atoms with Gasteiger partial charge in [-0.15, -0.1) is 5.10 Å². The van der Waals surface area contributed by atoms with E-state index in [4.69, 9.17) is 9.47 Å². The molecular weight excluding hydrogens is 702 g/mol. The summed E-state index contributed by atoms with van der Waals surface area (Å²) in [5.74, 6) is 0.611. The number of carbonyl (C=O) groups excluding carboxylic acids is 1. The third-order valence-corrected chi connectivity index (χ3v) is 13.6. The molecule has 3 N–H and O–H groups in total. The second-order valence-electron chi connectivity index (χ2n) is 15.2. The van der Waals surface area contributed by atoms with E-state index in [1.807, 2.05) is 73.8 Å². The van der Waals surface area contributed by atoms with Crippen molar-refractivity contribution in [2.45, 2.75) is 102 Å². The Balaban J connectivity index is 1.10. The van der Waals surface area contributed by atoms with Crippen LogP contribution in [0.3, 0.4) is 0 Å². The predicted molar refractivity (Wildman–Crippen MR) is 212 cm³/mol. The van der Waals surface area contributed by atoms with Crippen LogP contribution in [0.5, 0.6) is 5.75 Å². The topological polar surface area (TPSA) is 122 Å². The van der Waals surface area contributed by atoms with E-state index in [2.05, 4.69) is 34.7 Å². The molecule has 0 bridgehead atoms. The molecule has 10 nitrogen and oxygen atoms in total. The van der Waals surface area contributed by atoms with Crippen LogP contribution in [0.2, 0.25) is 18.6 Å². The maximum atomic E-state index is 15.9. The van der Waals surface area contributed by atoms with Crippen LogP contribution in [0.4, 0.5) is 15.5 Å². The number of ether oxygens (including phenoxy) is 2. The number of fused-ring (bicyclic) bond motifs is 1. The first kappa shape index (κ1) is 39.7. The summed E-state index contributed by atoms with van der Waals surface area (Å²) in [6.07, 6.45) is 5.82. The number of aliphatic hydroxyl groups excluding tert-OH is 2. The molecule has 1 amide bonds. The first-order chi connectivity index (χ1) is 26.1. The number of anilines is 2. The van der Waals surface area contributed by atoms with Crippen molar-refractivity contribution >= 4 is 25.7 Å². The lowest BCUT2D eigenvalue weighted by atomic mass is 9.94. The van der Waals surface area contributed by atoms with E-state index in [0.717, 1.165) is 53.1 Å². The summed E-state index contributed by atoms with van der Waals surface area (Å²) in [5.41, 5.74) is 5.40. The summed E-state index contributed by atoms with van der Waals surface area (Å²) in [6, 6.07) is 23.5. The van der Waals surface area contributed by atoms with E-state index in [0.29, 0.717) is 44.7 Å². The third-order valence-electron chi connectivity index (χ3n) is 11.1. The fraction of sp³-hybridized carbons (Fsp3) is 0.500. The normalized spacial score (nSPS) is 22.0. The van der Waals surface area contributed by atoms with Crippen LogP contribution in [0.25, 0.3) is 0 Å². The molecule has 0 radical (unpaired) electrons. The number of hydrogen-bond acceptors (Lipinski definition) is 8. The van der Waals surface area contributed by atoms with Gasteiger partial charge in [0.25, 0.3) is 0 Å². The van der Waals surface area contributed by atoms with Crippen molar-refractivity contribution in [1.29, 1.82) is 0 Å². The number of unbranched alkanes of at least 4 members (excludes halogenated alkanes) is 1. The molecule has 3 heterocycles. The zero-order valence-electron chi connectivity index (χ0n) is 32.0. The van der Waals surface area contributed by atoms with Crippen molar-refractivity contribution in [3.63, 3.8) is 0 Å². The summed E-state index contributed by atoms with van der Waals surface area (Å²) >= 11 is 0. The fourth-order valence-corrected chi connectivity index (χ4v) is 11.0. The second-order valence-corrected chi connectivity index (χ2v) is 19.0. The highest BCUT2D eigenvalue weighted by Gasteiger charge is 2.50. The summed E-state index contributed by atoms with van der Waals surface area (Å²) in [4.78, 5) is 15.7. The van der Waals surface area contributed by atoms with Crippen LogP contribution in [0.15, 0.2) is 79.0 Å². The van der Waals surface area contributed by atoms with Crippen molar-refractivity contribution < 1.29 is 28.6 Å². The Bertz CT molecular complexity index is 1800. The van der Waals surface area contributed by atoms with Crippen LogP contribution < -0.4 is 15.0 Å². The number of nitrogens with zero attached hydrogens (tertiary/aromatic N) is 4. The van der Waals surface area contributed by atoms with Crippen LogP contribution >= 0.6 is 0 Å². The number of amides is 1. The Labute approximate surface area is 319 Å². The monoisotopic (exact) mass is 757 g/mol. The Morgan fingerprint density at radius 3 is 2.52 bits per heavy atom. The molecule has 0 spiro atoms. The Kier molecular flexibility index (Phi) is 13.3. The molecule has 0 aliphatic carbocycles. The maximum absolute atomic E-state index is 15.9. The Morgan fingerprint density at radius 2 is 1.81 bits per heavy atom. The lowest BCUT2D eigenvalue weighted by Gasteiger charge is -2.35. The van der Waals surface area contributed by atoms with Crippen LogP contribution in [0.1, 0.15) is 67.8 Å². The number of aromatic nitrogens is 3. The molecule has 2 unspecified atom stereocenters. The highest BCUT2D eigenvalue weighted by molar-refractivity contribution is 6.72. The van der Waals surface area contributed by atoms with Crippen molar-refractivity contribution in [2.24, 2.45) is 5.92 Å². The Morgan fingerprint density at radius 1 is 1.04 bits per heavy atom. The van der Waals surface area contributed by atoms with Gasteiger partial charge >= 0.3 is 0 Å². The molecule has 6 rings (SSSR count). The molecule has 6 atom stereocenters. The molecular formula is C42H56FN5O5Si. The van der Waals surface area contributed by atoms with Gasteiger partial charge in [0.15, 0.2) is 0 Å². The first-order valence-corrected chi connectivity index (χ1v) is 22.5. The number of hydrogen-bond donors (Lipinski definition) is 3. The molecule has 1 fully saturated rings. The number of benzene rings is 3. The third kappa shape index (κ3) is 9.28. The summed E-state index contributed by atoms with van der Waals surface area (Å²) in [7, 11) is -3.06. The zero-order valence-corrected chi connectivity index (χ0v) is 33.0. The number of rotatable bonds is 18. The van der Waals surface area contributed by atoms with Crippen LogP contribution in [0, 0.1) is 5.92 Å². The molecule has 2 aliphatic rings. The van der Waals surface area contributed by atoms with Gasteiger partial charge in [0, 0.05) is 30.6 Å². The van der Waals surface area contributed by atoms with E-state index >= 15 is 4.11 Å². The van der Waals surface area contributed by atoms with Crippen molar-refractivity contribution in [1.82, 2.24) is 20.3 Å². The van der Waals surface area contributed by atoms with Crippen molar-refractivity contribution in [2.75, 3.05) is 31.3 Å². The van der Waals surface area contributed by atoms with Crippen molar-refractivity contribution in [3.8, 4) is 5.75 Å². The zero-order chi connectivity index (χ0) is 38.2. The SMILES string of the molecule is CCOc1ccc2c(c1)CC(NCCCCO)C(=O)N2c1ccc(CC[C@@H]2O[C@H](CCn3cc(C(CO)c4ccccc4)nn3)[C@@H]([Si](C)(C)F)[C@@H]2C)cc1. The molecule has 290 valence electrons. The van der Waals surface area contributed by atoms with Gasteiger partial charge in [0.05, 0.1) is 48.8 Å². The van der Waals surface area contributed by atoms with E-state index < -0.39 is 8.41 Å². The standard InChI is InChI=1S/C42H56FN5O5Si/c1-5-52-34-18-19-38-32(25-34)26-36(44-22-9-10-24-49)42(51)48(38)33-16-13-30(14-17-33)15-20-39-29(2)41(54(3,4)43)40(53-39)21-23-47-27-37(45-46-47)35(28-50)31-11-7-6-8-12-31/h6-8,11-14,16-19,25,27,29,35-36,39-41,44,49-50H,5,9-10,15,20-24,26,28H2,1-4H3/t29-,35?,36?,39+,40-,41+/m1/s1. The van der Waals surface area contributed by atoms with Gasteiger partial charge in [0.1, 0.15) is 5.75 Å². The molecule has 2 aliphatic heterocycles. The van der Waals surface area contributed by atoms with Gasteiger partial charge < -0.3 is 29.1 Å². The summed E-state index contributed by atoms with van der Waals surface area (Å²) < 4.78 is 30.1. The highest BCUT2D eigenvalue weighted by Crippen LogP contribution is 2.47. The lowest BCUT2D eigenvalue weighted by Crippen LogP contribution is -2.49. The summed E-state index contributed by atoms with van der Waals surface area (Å²) in [6.45, 7) is 9.51. The van der Waals surface area contributed by atoms with E-state index in [-0.39, 0.29) is 54.7 Å². The van der Waals surface area contributed by atoms with Gasteiger partial charge in [-0.25, -0.2) is 0 Å². The average molecular weight is 758 g/mol. The molecule has 1 saturated heterocycles. The van der Waals surface area contributed by atoms with Gasteiger partial charge in [0.2, 0.25) is 14.3 Å². The smallest absolute Gasteiger partial charge is 0.249 e. The van der Waals surface area contributed by atoms with Gasteiger partial charge in [-0.3, -0.25) is 14.4 Å². The maximum Gasteiger partial charge on any atom is 0.249 e. The lowest BCUT2D eigenvalue weighted by molar-refractivity contribution is -0.120. The minimum atomic E-state index is -3.06. The van der Waals surface area contributed by atoms with E-state index in [1.165, 1.54) is 0 Å². The second kappa shape index (κ2) is 18.1. The van der Waals surface area contributed by atoms with Crippen LogP contribution in [-0.2, 0) is 28.9 Å². The predicted octanol–water partition coefficient (Wildman–Crippen LogP) is 6.72. The molecule has 3 aromatic carbocycles. The average Bonchev–Trinajstić information content (AvgIpc) is 3.76. The molecule has 1 aromatic heterocycles. The molecule has 4 aromatic rings. The molecule has 54 heavy (non-hydrogen) atoms. The van der Waals surface area contributed by atoms with E-state index in [1.54, 1.807) is 22.7 Å².